The summed E-state index contributed by atoms with van der Waals surface area (Å²) in [7, 11) is -2.93. The largest absolute Gasteiger partial charge is 0.334 e. The van der Waals surface area contributed by atoms with Crippen LogP contribution in [0.5, 0.6) is 0 Å². The number of carbonyl (C=O) groups is 1. The number of hydrogen-bond acceptors (Lipinski definition) is 1. The van der Waals surface area contributed by atoms with Crippen molar-refractivity contribution in [3.05, 3.63) is 34.4 Å². The molecule has 1 aromatic rings. The summed E-state index contributed by atoms with van der Waals surface area (Å²) >= 11 is 0. The summed E-state index contributed by atoms with van der Waals surface area (Å²) < 4.78 is 0. The first-order valence-corrected chi connectivity index (χ1v) is 18.7. The Kier molecular flexibility index (Phi) is 8.58. The van der Waals surface area contributed by atoms with E-state index in [4.69, 9.17) is 0 Å². The molecule has 166 valence electrons. The number of rotatable bonds is 8. The van der Waals surface area contributed by atoms with Gasteiger partial charge in [0.15, 0.2) is 0 Å². The molecule has 0 aliphatic rings. The van der Waals surface area contributed by atoms with Gasteiger partial charge in [-0.05, 0) is 61.9 Å². The maximum absolute atomic E-state index is 14.1. The minimum absolute atomic E-state index is 0.193. The molecule has 0 fully saturated rings. The predicted molar refractivity (Wildman–Crippen MR) is 136 cm³/mol. The number of aryl methyl sites for hydroxylation is 1. The summed E-state index contributed by atoms with van der Waals surface area (Å²) in [6.07, 6.45) is 1.02. The van der Waals surface area contributed by atoms with Gasteiger partial charge >= 0.3 is 0 Å². The van der Waals surface area contributed by atoms with E-state index in [0.29, 0.717) is 11.1 Å². The Morgan fingerprint density at radius 3 is 1.38 bits per heavy atom. The Morgan fingerprint density at radius 2 is 1.14 bits per heavy atom. The Labute approximate surface area is 183 Å². The van der Waals surface area contributed by atoms with Gasteiger partial charge in [-0.1, -0.05) is 72.2 Å². The topological polar surface area (TPSA) is 20.3 Å². The first-order valence-electron chi connectivity index (χ1n) is 11.5. The van der Waals surface area contributed by atoms with Gasteiger partial charge in [-0.15, -0.1) is 0 Å². The molecule has 0 spiro atoms. The van der Waals surface area contributed by atoms with Crippen LogP contribution < -0.4 is 0 Å². The molecule has 0 saturated heterocycles. The lowest BCUT2D eigenvalue weighted by Crippen LogP contribution is -2.44. The molecular weight excluding hydrogens is 386 g/mol. The fourth-order valence-electron chi connectivity index (χ4n) is 4.01. The van der Waals surface area contributed by atoms with Crippen molar-refractivity contribution in [2.75, 3.05) is 0 Å². The van der Waals surface area contributed by atoms with E-state index in [-0.39, 0.29) is 18.0 Å². The van der Waals surface area contributed by atoms with Crippen LogP contribution in [0.15, 0.2) is 12.1 Å². The highest BCUT2D eigenvalue weighted by Crippen LogP contribution is 2.38. The summed E-state index contributed by atoms with van der Waals surface area (Å²) in [5.41, 5.74) is 5.90. The lowest BCUT2D eigenvalue weighted by atomic mass is 9.91. The van der Waals surface area contributed by atoms with E-state index in [1.165, 1.54) is 16.7 Å². The van der Waals surface area contributed by atoms with Crippen LogP contribution in [0, 0.1) is 0 Å². The maximum atomic E-state index is 14.1. The van der Waals surface area contributed by atoms with Crippen molar-refractivity contribution in [1.82, 2.24) is 4.90 Å². The molecule has 0 bridgehead atoms. The van der Waals surface area contributed by atoms with E-state index < -0.39 is 16.1 Å². The zero-order valence-electron chi connectivity index (χ0n) is 21.5. The molecule has 2 atom stereocenters. The second kappa shape index (κ2) is 9.51. The van der Waals surface area contributed by atoms with Crippen molar-refractivity contribution in [2.45, 2.75) is 117 Å². The molecule has 0 radical (unpaired) electrons. The van der Waals surface area contributed by atoms with Gasteiger partial charge in [0, 0.05) is 17.6 Å². The molecule has 0 aliphatic carbocycles. The summed E-state index contributed by atoms with van der Waals surface area (Å²) in [5.74, 6) is 0.234. The third-order valence-electron chi connectivity index (χ3n) is 6.76. The Bertz CT molecular complexity index is 662. The van der Waals surface area contributed by atoms with Gasteiger partial charge in [0.25, 0.3) is 5.91 Å². The van der Waals surface area contributed by atoms with Crippen molar-refractivity contribution < 1.29 is 4.79 Å². The van der Waals surface area contributed by atoms with Crippen LogP contribution in [0.4, 0.5) is 0 Å². The second-order valence-electron chi connectivity index (χ2n) is 11.6. The van der Waals surface area contributed by atoms with E-state index in [0.717, 1.165) is 12.0 Å². The Morgan fingerprint density at radius 1 is 0.793 bits per heavy atom. The molecular formula is C25H47NOSi2. The van der Waals surface area contributed by atoms with Crippen molar-refractivity contribution >= 4 is 22.1 Å². The zero-order valence-corrected chi connectivity index (χ0v) is 23.5. The highest BCUT2D eigenvalue weighted by atomic mass is 28.3. The van der Waals surface area contributed by atoms with Crippen LogP contribution in [0.2, 0.25) is 39.3 Å². The summed E-state index contributed by atoms with van der Waals surface area (Å²) in [5, 5.41) is 0. The van der Waals surface area contributed by atoms with Crippen molar-refractivity contribution in [3.8, 4) is 0 Å². The second-order valence-corrected chi connectivity index (χ2v) is 22.8. The average molecular weight is 434 g/mol. The van der Waals surface area contributed by atoms with Crippen molar-refractivity contribution in [1.29, 1.82) is 0 Å². The smallest absolute Gasteiger partial charge is 0.254 e. The monoisotopic (exact) mass is 433 g/mol. The lowest BCUT2D eigenvalue weighted by Gasteiger charge is -2.37. The van der Waals surface area contributed by atoms with E-state index in [1.54, 1.807) is 0 Å². The first kappa shape index (κ1) is 26.2. The first-order chi connectivity index (χ1) is 13.0. The van der Waals surface area contributed by atoms with Gasteiger partial charge in [0.2, 0.25) is 0 Å². The molecule has 2 nitrogen and oxygen atoms in total. The number of hydrogen-bond donors (Lipinski definition) is 0. The fourth-order valence-corrected chi connectivity index (χ4v) is 6.34. The molecule has 0 unspecified atom stereocenters. The van der Waals surface area contributed by atoms with Gasteiger partial charge in [0.05, 0.1) is 16.1 Å². The summed E-state index contributed by atoms with van der Waals surface area (Å²) in [4.78, 5) is 16.2. The van der Waals surface area contributed by atoms with E-state index in [2.05, 4.69) is 105 Å². The van der Waals surface area contributed by atoms with E-state index in [1.807, 2.05) is 0 Å². The van der Waals surface area contributed by atoms with Gasteiger partial charge < -0.3 is 4.90 Å². The van der Waals surface area contributed by atoms with Crippen molar-refractivity contribution in [3.63, 3.8) is 0 Å². The minimum atomic E-state index is -1.47. The lowest BCUT2D eigenvalue weighted by molar-refractivity contribution is 0.0641. The summed E-state index contributed by atoms with van der Waals surface area (Å²) in [6.45, 7) is 30.1. The Balaban J connectivity index is 3.95. The van der Waals surface area contributed by atoms with Crippen LogP contribution in [0.3, 0.4) is 0 Å². The molecule has 0 N–H and O–H groups in total. The quantitative estimate of drug-likeness (QED) is 0.389. The van der Waals surface area contributed by atoms with Crippen LogP contribution in [0.25, 0.3) is 0 Å². The molecule has 0 saturated carbocycles. The number of benzene rings is 1. The van der Waals surface area contributed by atoms with E-state index >= 15 is 0 Å². The summed E-state index contributed by atoms with van der Waals surface area (Å²) in [6, 6.07) is 5.10. The molecule has 0 heterocycles. The standard InChI is InChI=1S/C25H47NOSi2/c1-14-21-15-22(19(6)28(8,9)10)24(23(16-21)20(7)29(11,12)13)25(27)26(17(2)3)18(4)5/h15-20H,14H2,1-13H3/t19-,20-/m0/s1. The van der Waals surface area contributed by atoms with E-state index in [9.17, 15) is 4.79 Å². The van der Waals surface area contributed by atoms with Gasteiger partial charge in [0.1, 0.15) is 0 Å². The highest BCUT2D eigenvalue weighted by Gasteiger charge is 2.35. The third kappa shape index (κ3) is 6.07. The van der Waals surface area contributed by atoms with Gasteiger partial charge in [-0.25, -0.2) is 0 Å². The SMILES string of the molecule is CCc1cc([C@H](C)[Si](C)(C)C)c(C(=O)N(C(C)C)C(C)C)c([C@H](C)[Si](C)(C)C)c1. The Hall–Kier alpha value is -0.876. The van der Waals surface area contributed by atoms with Gasteiger partial charge in [-0.2, -0.15) is 0 Å². The average Bonchev–Trinajstić information content (AvgIpc) is 2.56. The zero-order chi connectivity index (χ0) is 22.9. The molecule has 1 amide bonds. The molecule has 29 heavy (non-hydrogen) atoms. The number of amides is 1. The third-order valence-corrected chi connectivity index (χ3v) is 12.6. The van der Waals surface area contributed by atoms with Crippen LogP contribution in [0.1, 0.15) is 86.6 Å². The predicted octanol–water partition coefficient (Wildman–Crippen LogP) is 7.47. The number of nitrogens with zero attached hydrogens (tertiary/aromatic N) is 1. The minimum Gasteiger partial charge on any atom is -0.334 e. The highest BCUT2D eigenvalue weighted by molar-refractivity contribution is 6.78. The molecule has 4 heteroatoms. The molecule has 1 rings (SSSR count). The molecule has 0 aliphatic heterocycles. The van der Waals surface area contributed by atoms with Crippen LogP contribution in [-0.4, -0.2) is 39.0 Å². The van der Waals surface area contributed by atoms with Crippen molar-refractivity contribution in [2.24, 2.45) is 0 Å². The van der Waals surface area contributed by atoms with Crippen LogP contribution in [-0.2, 0) is 6.42 Å². The van der Waals surface area contributed by atoms with Crippen LogP contribution >= 0.6 is 0 Å². The number of carbonyl (C=O) groups excluding carboxylic acids is 1. The molecule has 0 aromatic heterocycles. The normalized spacial score (nSPS) is 15.0. The molecule has 1 aromatic carbocycles. The maximum Gasteiger partial charge on any atom is 0.254 e. The fraction of sp³-hybridized carbons (Fsp3) is 0.720. The van der Waals surface area contributed by atoms with Gasteiger partial charge in [-0.3, -0.25) is 4.79 Å².